The molecule has 0 aliphatic heterocycles. The molecular weight excluding hydrogens is 246 g/mol. The van der Waals surface area contributed by atoms with E-state index < -0.39 is 11.6 Å². The maximum atomic E-state index is 13.3. The highest BCUT2D eigenvalue weighted by Gasteiger charge is 2.16. The fourth-order valence-electron chi connectivity index (χ4n) is 1.90. The summed E-state index contributed by atoms with van der Waals surface area (Å²) in [7, 11) is 0. The molecule has 0 saturated carbocycles. The molecule has 1 nitrogen and oxygen atoms in total. The normalized spacial score (nSPS) is 11.6. The Morgan fingerprint density at radius 3 is 2.16 bits per heavy atom. The van der Waals surface area contributed by atoms with Crippen LogP contribution in [-0.2, 0) is 5.41 Å². The van der Waals surface area contributed by atoms with Gasteiger partial charge in [0.2, 0.25) is 0 Å². The van der Waals surface area contributed by atoms with Crippen molar-refractivity contribution in [3.05, 3.63) is 53.6 Å². The van der Waals surface area contributed by atoms with Crippen molar-refractivity contribution in [2.24, 2.45) is 0 Å². The molecule has 0 fully saturated rings. The van der Waals surface area contributed by atoms with E-state index in [0.717, 1.165) is 17.7 Å². The van der Waals surface area contributed by atoms with Gasteiger partial charge < -0.3 is 5.11 Å². The minimum atomic E-state index is -0.918. The second kappa shape index (κ2) is 4.65. The van der Waals surface area contributed by atoms with Crippen molar-refractivity contribution in [1.82, 2.24) is 0 Å². The van der Waals surface area contributed by atoms with Gasteiger partial charge in [0.15, 0.2) is 11.6 Å². The minimum absolute atomic E-state index is 0.0546. The largest absolute Gasteiger partial charge is 0.507 e. The number of rotatable bonds is 1. The van der Waals surface area contributed by atoms with Crippen LogP contribution in [0.25, 0.3) is 11.1 Å². The van der Waals surface area contributed by atoms with Crippen LogP contribution in [0.15, 0.2) is 36.4 Å². The van der Waals surface area contributed by atoms with Gasteiger partial charge in [-0.3, -0.25) is 0 Å². The summed E-state index contributed by atoms with van der Waals surface area (Å²) in [5.41, 5.74) is 1.90. The number of phenols is 1. The predicted molar refractivity (Wildman–Crippen MR) is 72.2 cm³/mol. The van der Waals surface area contributed by atoms with E-state index in [-0.39, 0.29) is 11.2 Å². The Balaban J connectivity index is 2.58. The van der Waals surface area contributed by atoms with E-state index in [9.17, 15) is 13.9 Å². The molecule has 0 aromatic heterocycles. The average Bonchev–Trinajstić information content (AvgIpc) is 2.32. The van der Waals surface area contributed by atoms with E-state index in [1.54, 1.807) is 6.07 Å². The van der Waals surface area contributed by atoms with Crippen LogP contribution in [0.1, 0.15) is 26.3 Å². The Kier molecular flexibility index (Phi) is 3.31. The van der Waals surface area contributed by atoms with Gasteiger partial charge in [-0.2, -0.15) is 0 Å². The minimum Gasteiger partial charge on any atom is -0.507 e. The van der Waals surface area contributed by atoms with Crippen LogP contribution in [0.4, 0.5) is 8.78 Å². The molecule has 2 aromatic carbocycles. The zero-order valence-corrected chi connectivity index (χ0v) is 11.2. The molecule has 19 heavy (non-hydrogen) atoms. The Morgan fingerprint density at radius 2 is 1.58 bits per heavy atom. The standard InChI is InChI=1S/C16H16F2O/c1-16(2,3)11-5-7-15(19)12(9-11)10-4-6-13(17)14(18)8-10/h4-9,19H,1-3H3. The highest BCUT2D eigenvalue weighted by Crippen LogP contribution is 2.34. The van der Waals surface area contributed by atoms with Gasteiger partial charge in [0.25, 0.3) is 0 Å². The highest BCUT2D eigenvalue weighted by molar-refractivity contribution is 5.71. The SMILES string of the molecule is CC(C)(C)c1ccc(O)c(-c2ccc(F)c(F)c2)c1. The van der Waals surface area contributed by atoms with Crippen LogP contribution in [0.3, 0.4) is 0 Å². The van der Waals surface area contributed by atoms with E-state index >= 15 is 0 Å². The van der Waals surface area contributed by atoms with Gasteiger partial charge in [-0.15, -0.1) is 0 Å². The molecule has 3 heteroatoms. The van der Waals surface area contributed by atoms with Crippen molar-refractivity contribution in [2.75, 3.05) is 0 Å². The molecule has 0 aliphatic carbocycles. The molecule has 0 unspecified atom stereocenters. The van der Waals surface area contributed by atoms with E-state index in [2.05, 4.69) is 20.8 Å². The first-order chi connectivity index (χ1) is 8.79. The second-order valence-corrected chi connectivity index (χ2v) is 5.61. The van der Waals surface area contributed by atoms with Crippen LogP contribution >= 0.6 is 0 Å². The summed E-state index contributed by atoms with van der Waals surface area (Å²) in [6.45, 7) is 6.15. The van der Waals surface area contributed by atoms with Gasteiger partial charge in [-0.1, -0.05) is 32.9 Å². The Hall–Kier alpha value is -1.90. The second-order valence-electron chi connectivity index (χ2n) is 5.61. The van der Waals surface area contributed by atoms with Crippen LogP contribution in [0.2, 0.25) is 0 Å². The van der Waals surface area contributed by atoms with Crippen molar-refractivity contribution in [3.8, 4) is 16.9 Å². The molecule has 0 bridgehead atoms. The van der Waals surface area contributed by atoms with Crippen molar-refractivity contribution in [2.45, 2.75) is 26.2 Å². The van der Waals surface area contributed by atoms with Crippen LogP contribution in [-0.4, -0.2) is 5.11 Å². The Labute approximate surface area is 111 Å². The molecule has 0 atom stereocenters. The summed E-state index contributed by atoms with van der Waals surface area (Å²) in [5.74, 6) is -1.76. The third-order valence-electron chi connectivity index (χ3n) is 3.09. The number of halogens is 2. The molecule has 0 amide bonds. The fraction of sp³-hybridized carbons (Fsp3) is 0.250. The topological polar surface area (TPSA) is 20.2 Å². The third-order valence-corrected chi connectivity index (χ3v) is 3.09. The van der Waals surface area contributed by atoms with Crippen molar-refractivity contribution in [3.63, 3.8) is 0 Å². The summed E-state index contributed by atoms with van der Waals surface area (Å²) in [4.78, 5) is 0. The van der Waals surface area contributed by atoms with Crippen molar-refractivity contribution in [1.29, 1.82) is 0 Å². The van der Waals surface area contributed by atoms with Gasteiger partial charge in [-0.25, -0.2) is 8.78 Å². The third kappa shape index (κ3) is 2.75. The van der Waals surface area contributed by atoms with Crippen LogP contribution < -0.4 is 0 Å². The summed E-state index contributed by atoms with van der Waals surface area (Å²) in [5, 5.41) is 9.90. The lowest BCUT2D eigenvalue weighted by Crippen LogP contribution is -2.10. The number of hydrogen-bond donors (Lipinski definition) is 1. The molecule has 0 heterocycles. The number of aromatic hydroxyl groups is 1. The lowest BCUT2D eigenvalue weighted by Gasteiger charge is -2.20. The van der Waals surface area contributed by atoms with Gasteiger partial charge in [0, 0.05) is 5.56 Å². The van der Waals surface area contributed by atoms with Crippen molar-refractivity contribution >= 4 is 0 Å². The molecule has 0 spiro atoms. The molecule has 1 N–H and O–H groups in total. The molecule has 0 radical (unpaired) electrons. The molecule has 100 valence electrons. The Bertz CT molecular complexity index is 613. The van der Waals surface area contributed by atoms with E-state index in [1.807, 2.05) is 12.1 Å². The van der Waals surface area contributed by atoms with Gasteiger partial charge in [0.05, 0.1) is 0 Å². The molecule has 0 saturated heterocycles. The smallest absolute Gasteiger partial charge is 0.159 e. The van der Waals surface area contributed by atoms with E-state index in [0.29, 0.717) is 11.1 Å². The summed E-state index contributed by atoms with van der Waals surface area (Å²) in [6, 6.07) is 8.84. The van der Waals surface area contributed by atoms with Gasteiger partial charge >= 0.3 is 0 Å². The van der Waals surface area contributed by atoms with Crippen molar-refractivity contribution < 1.29 is 13.9 Å². The average molecular weight is 262 g/mol. The quantitative estimate of drug-likeness (QED) is 0.794. The van der Waals surface area contributed by atoms with Crippen LogP contribution in [0.5, 0.6) is 5.75 Å². The molecular formula is C16H16F2O. The first-order valence-electron chi connectivity index (χ1n) is 6.08. The molecule has 2 aromatic rings. The first kappa shape index (κ1) is 13.5. The molecule has 0 aliphatic rings. The lowest BCUT2D eigenvalue weighted by atomic mass is 9.85. The molecule has 2 rings (SSSR count). The van der Waals surface area contributed by atoms with E-state index in [4.69, 9.17) is 0 Å². The number of benzene rings is 2. The van der Waals surface area contributed by atoms with Crippen LogP contribution in [0, 0.1) is 11.6 Å². The maximum absolute atomic E-state index is 13.3. The fourth-order valence-corrected chi connectivity index (χ4v) is 1.90. The lowest BCUT2D eigenvalue weighted by molar-refractivity contribution is 0.476. The monoisotopic (exact) mass is 262 g/mol. The van der Waals surface area contributed by atoms with Gasteiger partial charge in [-0.05, 0) is 40.8 Å². The number of phenolic OH excluding ortho intramolecular Hbond substituents is 1. The maximum Gasteiger partial charge on any atom is 0.159 e. The summed E-state index contributed by atoms with van der Waals surface area (Å²) < 4.78 is 26.2. The first-order valence-corrected chi connectivity index (χ1v) is 6.08. The number of hydrogen-bond acceptors (Lipinski definition) is 1. The zero-order valence-electron chi connectivity index (χ0n) is 11.2. The zero-order chi connectivity index (χ0) is 14.2. The van der Waals surface area contributed by atoms with E-state index in [1.165, 1.54) is 6.07 Å². The predicted octanol–water partition coefficient (Wildman–Crippen LogP) is 4.63. The highest BCUT2D eigenvalue weighted by atomic mass is 19.2. The summed E-state index contributed by atoms with van der Waals surface area (Å²) >= 11 is 0. The Morgan fingerprint density at radius 1 is 0.895 bits per heavy atom. The summed E-state index contributed by atoms with van der Waals surface area (Å²) in [6.07, 6.45) is 0. The van der Waals surface area contributed by atoms with Gasteiger partial charge in [0.1, 0.15) is 5.75 Å².